The molecule has 0 unspecified atom stereocenters. The van der Waals surface area contributed by atoms with Crippen molar-refractivity contribution >= 4 is 18.3 Å². The molecule has 0 aliphatic carbocycles. The summed E-state index contributed by atoms with van der Waals surface area (Å²) in [7, 11) is 0. The molecule has 1 fully saturated rings. The third-order valence-corrected chi connectivity index (χ3v) is 3.74. The van der Waals surface area contributed by atoms with Crippen LogP contribution >= 0.6 is 12.4 Å². The zero-order chi connectivity index (χ0) is 13.5. The standard InChI is InChI=1S/C16H24N2O.ClH/c1-13-4-6-14(7-5-13)8-9-16(19)18-12-10-15-3-2-11-17-15;/h4-7,15,17H,2-3,8-12H2,1H3,(H,18,19);1H/t15-;/m1./s1. The quantitative estimate of drug-likeness (QED) is 0.847. The lowest BCUT2D eigenvalue weighted by molar-refractivity contribution is -0.121. The van der Waals surface area contributed by atoms with Crippen molar-refractivity contribution in [2.24, 2.45) is 0 Å². The maximum absolute atomic E-state index is 11.7. The van der Waals surface area contributed by atoms with Gasteiger partial charge in [-0.15, -0.1) is 12.4 Å². The van der Waals surface area contributed by atoms with Crippen molar-refractivity contribution in [2.45, 2.75) is 45.1 Å². The van der Waals surface area contributed by atoms with E-state index in [2.05, 4.69) is 41.8 Å². The first kappa shape index (κ1) is 17.0. The molecule has 1 aliphatic rings. The highest BCUT2D eigenvalue weighted by molar-refractivity contribution is 5.85. The van der Waals surface area contributed by atoms with Crippen LogP contribution in [0.3, 0.4) is 0 Å². The number of carbonyl (C=O) groups excluding carboxylic acids is 1. The third-order valence-electron chi connectivity index (χ3n) is 3.74. The number of hydrogen-bond donors (Lipinski definition) is 2. The van der Waals surface area contributed by atoms with Crippen molar-refractivity contribution in [1.29, 1.82) is 0 Å². The third kappa shape index (κ3) is 5.93. The van der Waals surface area contributed by atoms with Crippen molar-refractivity contribution in [3.05, 3.63) is 35.4 Å². The second-order valence-corrected chi connectivity index (χ2v) is 5.42. The van der Waals surface area contributed by atoms with E-state index in [0.29, 0.717) is 12.5 Å². The van der Waals surface area contributed by atoms with Gasteiger partial charge in [-0.2, -0.15) is 0 Å². The molecule has 0 spiro atoms. The lowest BCUT2D eigenvalue weighted by atomic mass is 10.1. The van der Waals surface area contributed by atoms with Gasteiger partial charge in [0.1, 0.15) is 0 Å². The highest BCUT2D eigenvalue weighted by atomic mass is 35.5. The zero-order valence-electron chi connectivity index (χ0n) is 12.2. The molecule has 4 heteroatoms. The molecule has 0 aromatic heterocycles. The molecule has 1 amide bonds. The van der Waals surface area contributed by atoms with Crippen LogP contribution in [0.15, 0.2) is 24.3 Å². The van der Waals surface area contributed by atoms with Crippen LogP contribution in [0.5, 0.6) is 0 Å². The van der Waals surface area contributed by atoms with Crippen molar-refractivity contribution < 1.29 is 4.79 Å². The van der Waals surface area contributed by atoms with E-state index in [1.54, 1.807) is 0 Å². The van der Waals surface area contributed by atoms with Crippen LogP contribution in [0.1, 0.15) is 36.8 Å². The fraction of sp³-hybridized carbons (Fsp3) is 0.562. The first-order valence-corrected chi connectivity index (χ1v) is 7.29. The molecule has 1 aromatic carbocycles. The molecule has 2 rings (SSSR count). The maximum Gasteiger partial charge on any atom is 0.220 e. The minimum atomic E-state index is 0. The largest absolute Gasteiger partial charge is 0.356 e. The molecule has 1 heterocycles. The van der Waals surface area contributed by atoms with Crippen molar-refractivity contribution in [3.8, 4) is 0 Å². The van der Waals surface area contributed by atoms with Gasteiger partial charge >= 0.3 is 0 Å². The summed E-state index contributed by atoms with van der Waals surface area (Å²) in [6, 6.07) is 9.01. The Kier molecular flexibility index (Phi) is 7.63. The minimum Gasteiger partial charge on any atom is -0.356 e. The molecule has 1 atom stereocenters. The van der Waals surface area contributed by atoms with Gasteiger partial charge in [-0.1, -0.05) is 29.8 Å². The van der Waals surface area contributed by atoms with Gasteiger partial charge in [0.25, 0.3) is 0 Å². The topological polar surface area (TPSA) is 41.1 Å². The fourth-order valence-electron chi connectivity index (χ4n) is 2.49. The van der Waals surface area contributed by atoms with Crippen LogP contribution in [-0.2, 0) is 11.2 Å². The fourth-order valence-corrected chi connectivity index (χ4v) is 2.49. The summed E-state index contributed by atoms with van der Waals surface area (Å²) in [5.41, 5.74) is 2.50. The minimum absolute atomic E-state index is 0. The number of hydrogen-bond acceptors (Lipinski definition) is 2. The SMILES string of the molecule is Cc1ccc(CCC(=O)NCC[C@H]2CCCN2)cc1.Cl. The number of halogens is 1. The molecular weight excluding hydrogens is 272 g/mol. The van der Waals surface area contributed by atoms with Gasteiger partial charge in [0.15, 0.2) is 0 Å². The number of nitrogens with one attached hydrogen (secondary N) is 2. The second kappa shape index (κ2) is 8.98. The zero-order valence-corrected chi connectivity index (χ0v) is 13.0. The smallest absolute Gasteiger partial charge is 0.220 e. The van der Waals surface area contributed by atoms with E-state index in [1.807, 2.05) is 0 Å². The van der Waals surface area contributed by atoms with Crippen LogP contribution in [0.4, 0.5) is 0 Å². The molecule has 0 radical (unpaired) electrons. The number of aryl methyl sites for hydroxylation is 2. The summed E-state index contributed by atoms with van der Waals surface area (Å²) in [6.45, 7) is 4.00. The van der Waals surface area contributed by atoms with Crippen molar-refractivity contribution in [3.63, 3.8) is 0 Å². The molecule has 0 saturated carbocycles. The van der Waals surface area contributed by atoms with E-state index in [-0.39, 0.29) is 18.3 Å². The Hall–Kier alpha value is -1.06. The second-order valence-electron chi connectivity index (χ2n) is 5.42. The number of benzene rings is 1. The van der Waals surface area contributed by atoms with E-state index in [1.165, 1.54) is 24.0 Å². The van der Waals surface area contributed by atoms with Gasteiger partial charge in [0, 0.05) is 19.0 Å². The van der Waals surface area contributed by atoms with Gasteiger partial charge in [0.05, 0.1) is 0 Å². The average Bonchev–Trinajstić information content (AvgIpc) is 2.91. The summed E-state index contributed by atoms with van der Waals surface area (Å²) >= 11 is 0. The molecule has 112 valence electrons. The predicted octanol–water partition coefficient (Wildman–Crippen LogP) is 2.61. The van der Waals surface area contributed by atoms with Gasteiger partial charge in [-0.25, -0.2) is 0 Å². The van der Waals surface area contributed by atoms with Crippen molar-refractivity contribution in [2.75, 3.05) is 13.1 Å². The van der Waals surface area contributed by atoms with Gasteiger partial charge in [-0.05, 0) is 44.7 Å². The average molecular weight is 297 g/mol. The van der Waals surface area contributed by atoms with Crippen LogP contribution in [0.25, 0.3) is 0 Å². The molecule has 1 saturated heterocycles. The Morgan fingerprint density at radius 1 is 1.35 bits per heavy atom. The van der Waals surface area contributed by atoms with E-state index < -0.39 is 0 Å². The Bertz CT molecular complexity index is 399. The van der Waals surface area contributed by atoms with Crippen LogP contribution < -0.4 is 10.6 Å². The number of carbonyl (C=O) groups is 1. The van der Waals surface area contributed by atoms with E-state index in [0.717, 1.165) is 25.9 Å². The molecule has 20 heavy (non-hydrogen) atoms. The van der Waals surface area contributed by atoms with Crippen LogP contribution in [-0.4, -0.2) is 25.0 Å². The molecule has 0 bridgehead atoms. The summed E-state index contributed by atoms with van der Waals surface area (Å²) in [5.74, 6) is 0.165. The molecule has 1 aliphatic heterocycles. The lowest BCUT2D eigenvalue weighted by Crippen LogP contribution is -2.30. The number of rotatable bonds is 6. The van der Waals surface area contributed by atoms with Gasteiger partial charge in [-0.3, -0.25) is 4.79 Å². The Labute approximate surface area is 127 Å². The Balaban J connectivity index is 0.00000200. The first-order valence-electron chi connectivity index (χ1n) is 7.29. The predicted molar refractivity (Wildman–Crippen MR) is 85.4 cm³/mol. The Morgan fingerprint density at radius 2 is 2.10 bits per heavy atom. The number of amides is 1. The molecule has 2 N–H and O–H groups in total. The molecule has 1 aromatic rings. The lowest BCUT2D eigenvalue weighted by Gasteiger charge is -2.10. The maximum atomic E-state index is 11.7. The summed E-state index contributed by atoms with van der Waals surface area (Å²) in [4.78, 5) is 11.7. The van der Waals surface area contributed by atoms with Crippen LogP contribution in [0.2, 0.25) is 0 Å². The Morgan fingerprint density at radius 3 is 2.75 bits per heavy atom. The van der Waals surface area contributed by atoms with E-state index >= 15 is 0 Å². The summed E-state index contributed by atoms with van der Waals surface area (Å²) in [5, 5.41) is 6.45. The monoisotopic (exact) mass is 296 g/mol. The molecule has 3 nitrogen and oxygen atoms in total. The summed E-state index contributed by atoms with van der Waals surface area (Å²) < 4.78 is 0. The van der Waals surface area contributed by atoms with E-state index in [9.17, 15) is 4.79 Å². The van der Waals surface area contributed by atoms with Gasteiger partial charge in [0.2, 0.25) is 5.91 Å². The summed E-state index contributed by atoms with van der Waals surface area (Å²) in [6.07, 6.45) is 4.98. The van der Waals surface area contributed by atoms with Crippen molar-refractivity contribution in [1.82, 2.24) is 10.6 Å². The molecular formula is C16H25ClN2O. The first-order chi connectivity index (χ1) is 9.24. The van der Waals surface area contributed by atoms with Crippen LogP contribution in [0, 0.1) is 6.92 Å². The van der Waals surface area contributed by atoms with E-state index in [4.69, 9.17) is 0 Å². The highest BCUT2D eigenvalue weighted by Gasteiger charge is 2.13. The highest BCUT2D eigenvalue weighted by Crippen LogP contribution is 2.08. The normalized spacial score (nSPS) is 17.6. The van der Waals surface area contributed by atoms with Gasteiger partial charge < -0.3 is 10.6 Å².